The number of benzene rings is 1. The van der Waals surface area contributed by atoms with Crippen molar-refractivity contribution < 1.29 is 19.0 Å². The lowest BCUT2D eigenvalue weighted by molar-refractivity contribution is -0.142. The molecule has 2 aromatic rings. The lowest BCUT2D eigenvalue weighted by Crippen LogP contribution is -2.13. The van der Waals surface area contributed by atoms with E-state index in [4.69, 9.17) is 9.47 Å². The summed E-state index contributed by atoms with van der Waals surface area (Å²) in [6.07, 6.45) is 1.46. The Morgan fingerprint density at radius 3 is 2.79 bits per heavy atom. The molecule has 2 rings (SSSR count). The number of rotatable bonds is 5. The number of esters is 1. The molecule has 0 radical (unpaired) electrons. The summed E-state index contributed by atoms with van der Waals surface area (Å²) in [5.74, 6) is 0.438. The average Bonchev–Trinajstić information content (AvgIpc) is 2.98. The molecule has 1 aromatic carbocycles. The van der Waals surface area contributed by atoms with Crippen LogP contribution in [-0.2, 0) is 9.53 Å². The van der Waals surface area contributed by atoms with Crippen LogP contribution in [0.3, 0.4) is 0 Å². The fourth-order valence-corrected chi connectivity index (χ4v) is 1.39. The van der Waals surface area contributed by atoms with Crippen molar-refractivity contribution in [2.75, 3.05) is 20.8 Å². The molecule has 100 valence electrons. The van der Waals surface area contributed by atoms with Gasteiger partial charge in [-0.25, -0.2) is 9.48 Å². The third-order valence-corrected chi connectivity index (χ3v) is 2.33. The van der Waals surface area contributed by atoms with Gasteiger partial charge in [-0.1, -0.05) is 0 Å². The first kappa shape index (κ1) is 12.8. The Morgan fingerprint density at radius 2 is 2.16 bits per heavy atom. The molecule has 19 heavy (non-hydrogen) atoms. The van der Waals surface area contributed by atoms with E-state index < -0.39 is 5.97 Å². The normalized spacial score (nSPS) is 10.0. The largest absolute Gasteiger partial charge is 0.493 e. The van der Waals surface area contributed by atoms with Crippen molar-refractivity contribution in [3.8, 4) is 17.2 Å². The molecule has 1 aromatic heterocycles. The Morgan fingerprint density at radius 1 is 1.32 bits per heavy atom. The van der Waals surface area contributed by atoms with Crippen LogP contribution in [0.25, 0.3) is 5.69 Å². The smallest absolute Gasteiger partial charge is 0.343 e. The SMILES string of the molecule is COC(=O)COc1ccc(-n2cnnn2)cc1OC. The van der Waals surface area contributed by atoms with E-state index in [0.29, 0.717) is 17.2 Å². The average molecular weight is 264 g/mol. The number of aromatic nitrogens is 4. The van der Waals surface area contributed by atoms with E-state index in [9.17, 15) is 4.79 Å². The minimum Gasteiger partial charge on any atom is -0.493 e. The topological polar surface area (TPSA) is 88.4 Å². The molecule has 8 nitrogen and oxygen atoms in total. The summed E-state index contributed by atoms with van der Waals surface area (Å²) in [5, 5.41) is 10.9. The second kappa shape index (κ2) is 5.80. The molecule has 0 saturated carbocycles. The van der Waals surface area contributed by atoms with Crippen LogP contribution >= 0.6 is 0 Å². The van der Waals surface area contributed by atoms with Gasteiger partial charge in [0.25, 0.3) is 0 Å². The number of nitrogens with zero attached hydrogens (tertiary/aromatic N) is 4. The molecule has 0 amide bonds. The number of hydrogen-bond donors (Lipinski definition) is 0. The van der Waals surface area contributed by atoms with E-state index in [1.54, 1.807) is 18.2 Å². The highest BCUT2D eigenvalue weighted by Gasteiger charge is 2.09. The van der Waals surface area contributed by atoms with Crippen LogP contribution in [0.5, 0.6) is 11.5 Å². The van der Waals surface area contributed by atoms with Gasteiger partial charge in [0.2, 0.25) is 0 Å². The minimum absolute atomic E-state index is 0.183. The molecule has 8 heteroatoms. The first-order valence-electron chi connectivity index (χ1n) is 5.35. The lowest BCUT2D eigenvalue weighted by Gasteiger charge is -2.11. The van der Waals surface area contributed by atoms with Crippen molar-refractivity contribution in [3.05, 3.63) is 24.5 Å². The van der Waals surface area contributed by atoms with Gasteiger partial charge in [0.1, 0.15) is 6.33 Å². The lowest BCUT2D eigenvalue weighted by atomic mass is 10.3. The maximum absolute atomic E-state index is 11.0. The van der Waals surface area contributed by atoms with Gasteiger partial charge < -0.3 is 14.2 Å². The number of carbonyl (C=O) groups excluding carboxylic acids is 1. The maximum atomic E-state index is 11.0. The van der Waals surface area contributed by atoms with Gasteiger partial charge >= 0.3 is 5.97 Å². The fraction of sp³-hybridized carbons (Fsp3) is 0.273. The highest BCUT2D eigenvalue weighted by atomic mass is 16.6. The molecule has 0 atom stereocenters. The van der Waals surface area contributed by atoms with Crippen molar-refractivity contribution in [2.45, 2.75) is 0 Å². The zero-order chi connectivity index (χ0) is 13.7. The van der Waals surface area contributed by atoms with Gasteiger partial charge in [-0.15, -0.1) is 5.10 Å². The summed E-state index contributed by atoms with van der Waals surface area (Å²) in [4.78, 5) is 11.0. The van der Waals surface area contributed by atoms with E-state index in [-0.39, 0.29) is 6.61 Å². The van der Waals surface area contributed by atoms with E-state index in [0.717, 1.165) is 0 Å². The molecular weight excluding hydrogens is 252 g/mol. The van der Waals surface area contributed by atoms with Crippen LogP contribution in [0.1, 0.15) is 0 Å². The first-order valence-corrected chi connectivity index (χ1v) is 5.35. The zero-order valence-corrected chi connectivity index (χ0v) is 10.4. The molecule has 0 N–H and O–H groups in total. The number of carbonyl (C=O) groups is 1. The third kappa shape index (κ3) is 2.97. The highest BCUT2D eigenvalue weighted by Crippen LogP contribution is 2.29. The highest BCUT2D eigenvalue weighted by molar-refractivity contribution is 5.71. The molecule has 0 bridgehead atoms. The van der Waals surface area contributed by atoms with Crippen LogP contribution in [-0.4, -0.2) is 47.0 Å². The predicted molar refractivity (Wildman–Crippen MR) is 63.2 cm³/mol. The van der Waals surface area contributed by atoms with Crippen LogP contribution < -0.4 is 9.47 Å². The molecule has 0 aliphatic carbocycles. The van der Waals surface area contributed by atoms with Crippen molar-refractivity contribution in [1.29, 1.82) is 0 Å². The number of methoxy groups -OCH3 is 2. The Balaban J connectivity index is 2.19. The maximum Gasteiger partial charge on any atom is 0.343 e. The number of tetrazole rings is 1. The third-order valence-electron chi connectivity index (χ3n) is 2.33. The number of hydrogen-bond acceptors (Lipinski definition) is 7. The second-order valence-electron chi connectivity index (χ2n) is 3.45. The monoisotopic (exact) mass is 264 g/mol. The van der Waals surface area contributed by atoms with E-state index in [1.165, 1.54) is 25.2 Å². The van der Waals surface area contributed by atoms with Crippen LogP contribution in [0, 0.1) is 0 Å². The Kier molecular flexibility index (Phi) is 3.91. The van der Waals surface area contributed by atoms with Crippen molar-refractivity contribution in [1.82, 2.24) is 20.2 Å². The Hall–Kier alpha value is -2.64. The molecule has 0 spiro atoms. The van der Waals surface area contributed by atoms with E-state index in [1.807, 2.05) is 0 Å². The molecular formula is C11H12N4O4. The summed E-state index contributed by atoms with van der Waals surface area (Å²) >= 11 is 0. The predicted octanol–water partition coefficient (Wildman–Crippen LogP) is 0.223. The standard InChI is InChI=1S/C11H12N4O4/c1-17-10-5-8(15-7-12-13-14-15)3-4-9(10)19-6-11(16)18-2/h3-5,7H,6H2,1-2H3. The summed E-state index contributed by atoms with van der Waals surface area (Å²) < 4.78 is 16.5. The zero-order valence-electron chi connectivity index (χ0n) is 10.4. The summed E-state index contributed by atoms with van der Waals surface area (Å²) in [6, 6.07) is 5.10. The quantitative estimate of drug-likeness (QED) is 0.714. The van der Waals surface area contributed by atoms with Crippen molar-refractivity contribution in [2.24, 2.45) is 0 Å². The summed E-state index contributed by atoms with van der Waals surface area (Å²) in [6.45, 7) is -0.183. The molecule has 0 aliphatic heterocycles. The van der Waals surface area contributed by atoms with Gasteiger partial charge in [0.15, 0.2) is 18.1 Å². The van der Waals surface area contributed by atoms with Crippen molar-refractivity contribution in [3.63, 3.8) is 0 Å². The van der Waals surface area contributed by atoms with E-state index >= 15 is 0 Å². The Labute approximate surface area is 108 Å². The molecule has 1 heterocycles. The summed E-state index contributed by atoms with van der Waals surface area (Å²) in [5.41, 5.74) is 0.715. The van der Waals surface area contributed by atoms with Gasteiger partial charge in [-0.05, 0) is 22.6 Å². The molecule has 0 unspecified atom stereocenters. The van der Waals surface area contributed by atoms with Crippen molar-refractivity contribution >= 4 is 5.97 Å². The van der Waals surface area contributed by atoms with Gasteiger partial charge in [0, 0.05) is 6.07 Å². The molecule has 0 fully saturated rings. The van der Waals surface area contributed by atoms with Gasteiger partial charge in [-0.2, -0.15) is 0 Å². The first-order chi connectivity index (χ1) is 9.24. The minimum atomic E-state index is -0.466. The second-order valence-corrected chi connectivity index (χ2v) is 3.45. The molecule has 0 saturated heterocycles. The van der Waals surface area contributed by atoms with Crippen LogP contribution in [0.15, 0.2) is 24.5 Å². The fourth-order valence-electron chi connectivity index (χ4n) is 1.39. The molecule has 0 aliphatic rings. The van der Waals surface area contributed by atoms with Gasteiger partial charge in [-0.3, -0.25) is 0 Å². The summed E-state index contributed by atoms with van der Waals surface area (Å²) in [7, 11) is 2.80. The van der Waals surface area contributed by atoms with Crippen LogP contribution in [0.4, 0.5) is 0 Å². The number of ether oxygens (including phenoxy) is 3. The Bertz CT molecular complexity index is 556. The van der Waals surface area contributed by atoms with Gasteiger partial charge in [0.05, 0.1) is 19.9 Å². The van der Waals surface area contributed by atoms with E-state index in [2.05, 4.69) is 20.3 Å². The van der Waals surface area contributed by atoms with Crippen LogP contribution in [0.2, 0.25) is 0 Å².